The van der Waals surface area contributed by atoms with Gasteiger partial charge in [-0.1, -0.05) is 91.0 Å². The second-order valence-electron chi connectivity index (χ2n) is 10.2. The first-order chi connectivity index (χ1) is 20.0. The number of amides is 1. The van der Waals surface area contributed by atoms with Gasteiger partial charge in [0.05, 0.1) is 17.7 Å². The molecule has 1 amide bonds. The lowest BCUT2D eigenvalue weighted by Crippen LogP contribution is -2.35. The van der Waals surface area contributed by atoms with Crippen LogP contribution in [0.4, 0.5) is 5.95 Å². The topological polar surface area (TPSA) is 86.6 Å². The predicted molar refractivity (Wildman–Crippen MR) is 162 cm³/mol. The van der Waals surface area contributed by atoms with Crippen molar-refractivity contribution in [2.75, 3.05) is 31.6 Å². The van der Waals surface area contributed by atoms with Gasteiger partial charge in [0, 0.05) is 32.9 Å². The van der Waals surface area contributed by atoms with Crippen LogP contribution in [-0.4, -0.2) is 58.5 Å². The van der Waals surface area contributed by atoms with Crippen molar-refractivity contribution in [2.45, 2.75) is 38.5 Å². The highest BCUT2D eigenvalue weighted by Gasteiger charge is 2.22. The van der Waals surface area contributed by atoms with Gasteiger partial charge in [-0.3, -0.25) is 9.59 Å². The smallest absolute Gasteiger partial charge is 0.305 e. The number of aliphatic carboxylic acids is 1. The van der Waals surface area contributed by atoms with Crippen molar-refractivity contribution in [3.63, 3.8) is 0 Å². The molecular formula is C34H38N4O3. The average molecular weight is 551 g/mol. The van der Waals surface area contributed by atoms with Gasteiger partial charge in [0.15, 0.2) is 0 Å². The number of benzene rings is 3. The quantitative estimate of drug-likeness (QED) is 0.211. The van der Waals surface area contributed by atoms with Crippen LogP contribution in [0.5, 0.6) is 0 Å². The Hall–Kier alpha value is -4.52. The highest BCUT2D eigenvalue weighted by Crippen LogP contribution is 2.18. The van der Waals surface area contributed by atoms with Crippen LogP contribution in [0, 0.1) is 0 Å². The van der Waals surface area contributed by atoms with Gasteiger partial charge >= 0.3 is 5.97 Å². The molecule has 0 aliphatic heterocycles. The Bertz CT molecular complexity index is 1380. The van der Waals surface area contributed by atoms with Gasteiger partial charge in [0.1, 0.15) is 0 Å². The molecule has 0 saturated carbocycles. The maximum absolute atomic E-state index is 13.9. The van der Waals surface area contributed by atoms with Gasteiger partial charge < -0.3 is 14.9 Å². The maximum Gasteiger partial charge on any atom is 0.305 e. The van der Waals surface area contributed by atoms with Crippen LogP contribution < -0.4 is 4.90 Å². The first-order valence-corrected chi connectivity index (χ1v) is 14.2. The number of rotatable bonds is 15. The number of hydrogen-bond acceptors (Lipinski definition) is 5. The van der Waals surface area contributed by atoms with Crippen molar-refractivity contribution in [3.05, 3.63) is 125 Å². The Morgan fingerprint density at radius 3 is 1.85 bits per heavy atom. The van der Waals surface area contributed by atoms with Crippen LogP contribution in [0.2, 0.25) is 0 Å². The van der Waals surface area contributed by atoms with Gasteiger partial charge in [-0.15, -0.1) is 0 Å². The number of anilines is 1. The van der Waals surface area contributed by atoms with E-state index < -0.39 is 5.97 Å². The summed E-state index contributed by atoms with van der Waals surface area (Å²) < 4.78 is 0. The minimum Gasteiger partial charge on any atom is -0.481 e. The summed E-state index contributed by atoms with van der Waals surface area (Å²) in [5.41, 5.74) is 4.70. The van der Waals surface area contributed by atoms with E-state index in [0.29, 0.717) is 30.2 Å². The molecule has 0 bridgehead atoms. The van der Waals surface area contributed by atoms with E-state index in [4.69, 9.17) is 4.98 Å². The van der Waals surface area contributed by atoms with Gasteiger partial charge in [-0.25, -0.2) is 9.97 Å². The molecule has 1 aromatic heterocycles. The molecule has 4 rings (SSSR count). The molecule has 1 N–H and O–H groups in total. The molecule has 0 spiro atoms. The fourth-order valence-electron chi connectivity index (χ4n) is 4.74. The standard InChI is InChI=1S/C34H38N4O3/c1-37(24-21-29-16-9-4-10-17-29)34-35-26-30(31(36-34)20-19-28-14-7-3-8-15-28)33(41)38(25-22-32(39)40)23-11-18-27-12-5-2-6-13-27/h2-10,12-17,26H,11,18-25H2,1H3,(H,39,40). The molecule has 0 saturated heterocycles. The lowest BCUT2D eigenvalue weighted by molar-refractivity contribution is -0.137. The monoisotopic (exact) mass is 550 g/mol. The SMILES string of the molecule is CN(CCc1ccccc1)c1ncc(C(=O)N(CCCc2ccccc2)CCC(=O)O)c(CCc2ccccc2)n1. The van der Waals surface area contributed by atoms with Crippen LogP contribution in [0.15, 0.2) is 97.2 Å². The van der Waals surface area contributed by atoms with Gasteiger partial charge in [-0.2, -0.15) is 0 Å². The van der Waals surface area contributed by atoms with Crippen LogP contribution in [0.25, 0.3) is 0 Å². The lowest BCUT2D eigenvalue weighted by atomic mass is 10.0. The number of aryl methyl sites for hydroxylation is 3. The third kappa shape index (κ3) is 9.28. The largest absolute Gasteiger partial charge is 0.481 e. The summed E-state index contributed by atoms with van der Waals surface area (Å²) in [4.78, 5) is 38.4. The first kappa shape index (κ1) is 29.5. The number of carboxylic acids is 1. The maximum atomic E-state index is 13.9. The molecule has 212 valence electrons. The molecule has 4 aromatic rings. The van der Waals surface area contributed by atoms with E-state index in [1.165, 1.54) is 11.1 Å². The second-order valence-corrected chi connectivity index (χ2v) is 10.2. The highest BCUT2D eigenvalue weighted by atomic mass is 16.4. The van der Waals surface area contributed by atoms with E-state index in [1.54, 1.807) is 11.1 Å². The van der Waals surface area contributed by atoms with Crippen molar-refractivity contribution >= 4 is 17.8 Å². The summed E-state index contributed by atoms with van der Waals surface area (Å²) in [6.45, 7) is 1.33. The summed E-state index contributed by atoms with van der Waals surface area (Å²) in [6, 6.07) is 30.5. The Labute approximate surface area is 242 Å². The van der Waals surface area contributed by atoms with Gasteiger partial charge in [0.2, 0.25) is 5.95 Å². The van der Waals surface area contributed by atoms with E-state index in [2.05, 4.69) is 41.4 Å². The number of carbonyl (C=O) groups is 2. The fourth-order valence-corrected chi connectivity index (χ4v) is 4.74. The molecule has 3 aromatic carbocycles. The van der Waals surface area contributed by atoms with Crippen molar-refractivity contribution in [1.82, 2.24) is 14.9 Å². The zero-order valence-electron chi connectivity index (χ0n) is 23.7. The van der Waals surface area contributed by atoms with E-state index in [1.807, 2.05) is 66.5 Å². The molecule has 41 heavy (non-hydrogen) atoms. The number of aromatic nitrogens is 2. The molecule has 0 radical (unpaired) electrons. The van der Waals surface area contributed by atoms with E-state index >= 15 is 0 Å². The number of hydrogen-bond donors (Lipinski definition) is 1. The molecular weight excluding hydrogens is 512 g/mol. The average Bonchev–Trinajstić information content (AvgIpc) is 3.01. The fraction of sp³-hybridized carbons (Fsp3) is 0.294. The Balaban J connectivity index is 1.54. The van der Waals surface area contributed by atoms with Gasteiger partial charge in [-0.05, 0) is 48.8 Å². The number of nitrogens with zero attached hydrogens (tertiary/aromatic N) is 4. The summed E-state index contributed by atoms with van der Waals surface area (Å²) in [5.74, 6) is -0.579. The van der Waals surface area contributed by atoms with Crippen molar-refractivity contribution in [2.24, 2.45) is 0 Å². The third-order valence-electron chi connectivity index (χ3n) is 7.12. The summed E-state index contributed by atoms with van der Waals surface area (Å²) in [7, 11) is 1.96. The molecule has 0 aliphatic carbocycles. The summed E-state index contributed by atoms with van der Waals surface area (Å²) in [6.07, 6.45) is 5.20. The molecule has 0 aliphatic rings. The third-order valence-corrected chi connectivity index (χ3v) is 7.12. The van der Waals surface area contributed by atoms with E-state index in [0.717, 1.165) is 37.8 Å². The van der Waals surface area contributed by atoms with Crippen molar-refractivity contribution in [3.8, 4) is 0 Å². The minimum absolute atomic E-state index is 0.114. The molecule has 0 atom stereocenters. The van der Waals surface area contributed by atoms with E-state index in [-0.39, 0.29) is 18.9 Å². The van der Waals surface area contributed by atoms with E-state index in [9.17, 15) is 14.7 Å². The Morgan fingerprint density at radius 2 is 1.27 bits per heavy atom. The molecule has 0 fully saturated rings. The normalized spacial score (nSPS) is 10.8. The van der Waals surface area contributed by atoms with Crippen LogP contribution in [0.1, 0.15) is 45.6 Å². The number of carboxylic acid groups (broad SMARTS) is 1. The lowest BCUT2D eigenvalue weighted by Gasteiger charge is -2.24. The van der Waals surface area contributed by atoms with Crippen molar-refractivity contribution < 1.29 is 14.7 Å². The van der Waals surface area contributed by atoms with Crippen LogP contribution in [-0.2, 0) is 30.5 Å². The first-order valence-electron chi connectivity index (χ1n) is 14.2. The molecule has 0 unspecified atom stereocenters. The van der Waals surface area contributed by atoms with Crippen LogP contribution in [0.3, 0.4) is 0 Å². The molecule has 1 heterocycles. The zero-order chi connectivity index (χ0) is 28.9. The van der Waals surface area contributed by atoms with Crippen LogP contribution >= 0.6 is 0 Å². The Morgan fingerprint density at radius 1 is 0.707 bits per heavy atom. The number of likely N-dealkylation sites (N-methyl/N-ethyl adjacent to an activating group) is 1. The molecule has 7 nitrogen and oxygen atoms in total. The highest BCUT2D eigenvalue weighted by molar-refractivity contribution is 5.95. The van der Waals surface area contributed by atoms with Crippen molar-refractivity contribution in [1.29, 1.82) is 0 Å². The second kappa shape index (κ2) is 15.3. The molecule has 7 heteroatoms. The Kier molecular flexibility index (Phi) is 11.0. The van der Waals surface area contributed by atoms with Gasteiger partial charge in [0.25, 0.3) is 5.91 Å². The predicted octanol–water partition coefficient (Wildman–Crippen LogP) is 5.49. The summed E-state index contributed by atoms with van der Waals surface area (Å²) >= 11 is 0. The minimum atomic E-state index is -0.929. The summed E-state index contributed by atoms with van der Waals surface area (Å²) in [5, 5.41) is 9.35. The number of carbonyl (C=O) groups excluding carboxylic acids is 1. The zero-order valence-corrected chi connectivity index (χ0v) is 23.7.